The molecule has 50 valence electrons. The first-order valence-electron chi connectivity index (χ1n) is 3.48. The Morgan fingerprint density at radius 1 is 1.56 bits per heavy atom. The van der Waals surface area contributed by atoms with Crippen LogP contribution in [0.5, 0.6) is 0 Å². The summed E-state index contributed by atoms with van der Waals surface area (Å²) in [4.78, 5) is 0. The summed E-state index contributed by atoms with van der Waals surface area (Å²) in [6, 6.07) is 0. The normalized spacial score (nSPS) is 26.4. The fourth-order valence-corrected chi connectivity index (χ4v) is 1.13. The average molecular weight is 198 g/mol. The van der Waals surface area contributed by atoms with Gasteiger partial charge in [-0.25, -0.2) is 0 Å². The van der Waals surface area contributed by atoms with Gasteiger partial charge in [-0.3, -0.25) is 0 Å². The van der Waals surface area contributed by atoms with Gasteiger partial charge >= 0.3 is 27.0 Å². The summed E-state index contributed by atoms with van der Waals surface area (Å²) in [5.41, 5.74) is 0. The molecule has 1 aliphatic carbocycles. The molecule has 2 heteroatoms. The monoisotopic (exact) mass is 196 g/mol. The van der Waals surface area contributed by atoms with E-state index in [9.17, 15) is 0 Å². The fourth-order valence-electron chi connectivity index (χ4n) is 1.13. The Morgan fingerprint density at radius 2 is 2.22 bits per heavy atom. The van der Waals surface area contributed by atoms with Crippen molar-refractivity contribution < 1.29 is 17.3 Å². The van der Waals surface area contributed by atoms with Crippen molar-refractivity contribution in [2.45, 2.75) is 32.6 Å². The van der Waals surface area contributed by atoms with E-state index in [0.717, 1.165) is 23.2 Å². The SMILES string of the molecule is CC1C[CH-]CCC1.[Cl][Zn+]. The molecule has 0 aromatic heterocycles. The zero-order chi connectivity index (χ0) is 7.11. The predicted octanol–water partition coefficient (Wildman–Crippen LogP) is 3.09. The van der Waals surface area contributed by atoms with Gasteiger partial charge in [-0.2, -0.15) is 12.8 Å². The quantitative estimate of drug-likeness (QED) is 0.414. The molecule has 1 fully saturated rings. The van der Waals surface area contributed by atoms with Crippen molar-refractivity contribution in [1.82, 2.24) is 0 Å². The third kappa shape index (κ3) is 5.36. The summed E-state index contributed by atoms with van der Waals surface area (Å²) in [6.45, 7) is 2.33. The third-order valence-electron chi connectivity index (χ3n) is 1.67. The van der Waals surface area contributed by atoms with Crippen LogP contribution >= 0.6 is 9.69 Å². The molecule has 1 aliphatic rings. The van der Waals surface area contributed by atoms with Crippen molar-refractivity contribution in [1.29, 1.82) is 0 Å². The van der Waals surface area contributed by atoms with Crippen LogP contribution in [-0.4, -0.2) is 0 Å². The second kappa shape index (κ2) is 7.03. The molecule has 1 rings (SSSR count). The minimum absolute atomic E-state index is 0.847. The molecule has 0 aromatic carbocycles. The van der Waals surface area contributed by atoms with Gasteiger partial charge in [-0.05, 0) is 0 Å². The van der Waals surface area contributed by atoms with Crippen molar-refractivity contribution in [2.75, 3.05) is 0 Å². The maximum absolute atomic E-state index is 4.76. The number of halogens is 1. The molecule has 9 heavy (non-hydrogen) atoms. The van der Waals surface area contributed by atoms with Gasteiger partial charge in [0.1, 0.15) is 0 Å². The molecule has 0 nitrogen and oxygen atoms in total. The van der Waals surface area contributed by atoms with Gasteiger partial charge in [0.05, 0.1) is 0 Å². The first-order chi connectivity index (χ1) is 4.39. The predicted molar refractivity (Wildman–Crippen MR) is 37.8 cm³/mol. The van der Waals surface area contributed by atoms with Crippen LogP contribution in [0.4, 0.5) is 0 Å². The van der Waals surface area contributed by atoms with E-state index >= 15 is 0 Å². The van der Waals surface area contributed by atoms with E-state index in [4.69, 9.17) is 9.69 Å². The van der Waals surface area contributed by atoms with Crippen LogP contribution in [0.2, 0.25) is 0 Å². The molecule has 0 heterocycles. The standard InChI is InChI=1S/C7H13.ClH.Zn/c1-7-5-3-2-4-6-7;;/h3,7H,2,4-6H2,1H3;1H;/q-1;;+2/p-1. The van der Waals surface area contributed by atoms with E-state index in [0.29, 0.717) is 0 Å². The van der Waals surface area contributed by atoms with Crippen molar-refractivity contribution in [3.8, 4) is 0 Å². The van der Waals surface area contributed by atoms with Crippen molar-refractivity contribution in [3.05, 3.63) is 6.42 Å². The van der Waals surface area contributed by atoms with Gasteiger partial charge in [0.15, 0.2) is 0 Å². The van der Waals surface area contributed by atoms with E-state index < -0.39 is 0 Å². The van der Waals surface area contributed by atoms with E-state index in [1.165, 1.54) is 25.7 Å². The van der Waals surface area contributed by atoms with Gasteiger partial charge in [0.25, 0.3) is 0 Å². The molecular weight excluding hydrogens is 185 g/mol. The Morgan fingerprint density at radius 3 is 2.44 bits per heavy atom. The molecule has 0 N–H and O–H groups in total. The fraction of sp³-hybridized carbons (Fsp3) is 0.857. The minimum atomic E-state index is 0.847. The van der Waals surface area contributed by atoms with E-state index in [1.807, 2.05) is 0 Å². The Labute approximate surface area is 72.1 Å². The summed E-state index contributed by atoms with van der Waals surface area (Å²) in [7, 11) is 4.76. The average Bonchev–Trinajstić information content (AvgIpc) is 1.94. The van der Waals surface area contributed by atoms with Gasteiger partial charge in [0.2, 0.25) is 0 Å². The van der Waals surface area contributed by atoms with Gasteiger partial charge in [0, 0.05) is 0 Å². The first kappa shape index (κ1) is 9.91. The molecular formula is C7H13ClZn. The Balaban J connectivity index is 0.000000291. The molecule has 0 saturated heterocycles. The van der Waals surface area contributed by atoms with Crippen LogP contribution in [0.25, 0.3) is 0 Å². The molecule has 1 atom stereocenters. The van der Waals surface area contributed by atoms with Crippen molar-refractivity contribution in [2.24, 2.45) is 5.92 Å². The summed E-state index contributed by atoms with van der Waals surface area (Å²) in [5, 5.41) is 0. The van der Waals surface area contributed by atoms with Crippen LogP contribution in [0.1, 0.15) is 32.6 Å². The van der Waals surface area contributed by atoms with Crippen LogP contribution < -0.4 is 0 Å². The zero-order valence-electron chi connectivity index (χ0n) is 6.07. The van der Waals surface area contributed by atoms with Crippen molar-refractivity contribution in [3.63, 3.8) is 0 Å². The molecule has 0 radical (unpaired) electrons. The Hall–Kier alpha value is 0.913. The zero-order valence-corrected chi connectivity index (χ0v) is 9.79. The molecule has 1 unspecified atom stereocenters. The van der Waals surface area contributed by atoms with Gasteiger partial charge < -0.3 is 6.42 Å². The second-order valence-electron chi connectivity index (χ2n) is 2.56. The molecule has 0 spiro atoms. The van der Waals surface area contributed by atoms with Crippen LogP contribution in [0.15, 0.2) is 0 Å². The summed E-state index contributed by atoms with van der Waals surface area (Å²) in [6.07, 6.45) is 8.02. The Bertz CT molecular complexity index is 50.9. The number of rotatable bonds is 0. The second-order valence-corrected chi connectivity index (χ2v) is 2.56. The van der Waals surface area contributed by atoms with Gasteiger partial charge in [-0.15, -0.1) is 0 Å². The topological polar surface area (TPSA) is 0 Å². The third-order valence-corrected chi connectivity index (χ3v) is 1.67. The van der Waals surface area contributed by atoms with E-state index in [2.05, 4.69) is 13.3 Å². The molecule has 0 aromatic rings. The summed E-state index contributed by atoms with van der Waals surface area (Å²) >= 11 is 0.847. The van der Waals surface area contributed by atoms with Gasteiger partial charge in [-0.1, -0.05) is 25.7 Å². The van der Waals surface area contributed by atoms with Crippen molar-refractivity contribution >= 4 is 9.69 Å². The van der Waals surface area contributed by atoms with Crippen LogP contribution in [0.3, 0.4) is 0 Å². The molecule has 1 saturated carbocycles. The maximum atomic E-state index is 4.76. The number of hydrogen-bond donors (Lipinski definition) is 0. The molecule has 0 amide bonds. The molecule has 0 aliphatic heterocycles. The van der Waals surface area contributed by atoms with E-state index in [1.54, 1.807) is 0 Å². The number of hydrogen-bond acceptors (Lipinski definition) is 0. The first-order valence-corrected chi connectivity index (χ1v) is 7.38. The molecule has 0 bridgehead atoms. The van der Waals surface area contributed by atoms with Crippen LogP contribution in [0, 0.1) is 12.3 Å². The summed E-state index contributed by atoms with van der Waals surface area (Å²) in [5.74, 6) is 0.980. The van der Waals surface area contributed by atoms with Crippen LogP contribution in [-0.2, 0) is 17.3 Å². The van der Waals surface area contributed by atoms with E-state index in [-0.39, 0.29) is 0 Å². The summed E-state index contributed by atoms with van der Waals surface area (Å²) < 4.78 is 0. The Kier molecular flexibility index (Phi) is 7.74.